The first kappa shape index (κ1) is 16.8. The van der Waals surface area contributed by atoms with Gasteiger partial charge in [-0.2, -0.15) is 0 Å². The predicted molar refractivity (Wildman–Crippen MR) is 45.1 cm³/mol. The molecule has 0 bridgehead atoms. The SMILES string of the molecule is O=C(O)O.O=S(=O)([O-])c1ccccc1.[Na+]. The molecule has 0 aliphatic rings. The quantitative estimate of drug-likeness (QED) is 0.427. The summed E-state index contributed by atoms with van der Waals surface area (Å²) in [6.07, 6.45) is -1.83. The molecule has 2 N–H and O–H groups in total. The minimum absolute atomic E-state index is 0. The second-order valence-corrected chi connectivity index (χ2v) is 3.43. The number of carbonyl (C=O) groups is 1. The smallest absolute Gasteiger partial charge is 0.744 e. The summed E-state index contributed by atoms with van der Waals surface area (Å²) in [4.78, 5) is 8.37. The van der Waals surface area contributed by atoms with E-state index in [2.05, 4.69) is 0 Å². The van der Waals surface area contributed by atoms with Crippen LogP contribution in [0.15, 0.2) is 35.2 Å². The Labute approximate surface area is 109 Å². The fourth-order valence-corrected chi connectivity index (χ4v) is 1.08. The fourth-order valence-electron chi connectivity index (χ4n) is 0.587. The third-order valence-corrected chi connectivity index (χ3v) is 1.88. The molecule has 0 aliphatic heterocycles. The van der Waals surface area contributed by atoms with E-state index in [9.17, 15) is 13.0 Å². The van der Waals surface area contributed by atoms with E-state index in [4.69, 9.17) is 15.0 Å². The van der Waals surface area contributed by atoms with E-state index in [-0.39, 0.29) is 34.5 Å². The standard InChI is InChI=1S/C6H6O3S.CH2O3.Na/c7-10(8,9)6-4-2-1-3-5-6;2-1(3)4;/h1-5H,(H,7,8,9);(H2,2,3,4);/q;;+1/p-1. The number of hydrogen-bond donors (Lipinski definition) is 2. The molecule has 0 saturated heterocycles. The van der Waals surface area contributed by atoms with Crippen LogP contribution in [0.3, 0.4) is 0 Å². The van der Waals surface area contributed by atoms with Crippen molar-refractivity contribution in [2.75, 3.05) is 0 Å². The zero-order valence-corrected chi connectivity index (χ0v) is 10.6. The average molecular weight is 242 g/mol. The van der Waals surface area contributed by atoms with Gasteiger partial charge in [-0.15, -0.1) is 0 Å². The molecule has 0 aromatic heterocycles. The first-order chi connectivity index (χ1) is 6.34. The molecule has 0 spiro atoms. The molecule has 0 fully saturated rings. The molecule has 15 heavy (non-hydrogen) atoms. The second-order valence-electron chi connectivity index (χ2n) is 2.05. The fraction of sp³-hybridized carbons (Fsp3) is 0. The largest absolute Gasteiger partial charge is 1.00 e. The van der Waals surface area contributed by atoms with Crippen molar-refractivity contribution in [1.82, 2.24) is 0 Å². The minimum atomic E-state index is -4.25. The van der Waals surface area contributed by atoms with Gasteiger partial charge in [-0.25, -0.2) is 13.2 Å². The van der Waals surface area contributed by atoms with E-state index in [0.29, 0.717) is 0 Å². The van der Waals surface area contributed by atoms with E-state index in [1.165, 1.54) is 24.3 Å². The molecule has 0 saturated carbocycles. The van der Waals surface area contributed by atoms with Crippen LogP contribution in [0, 0.1) is 0 Å². The monoisotopic (exact) mass is 242 g/mol. The maximum atomic E-state index is 10.3. The third kappa shape index (κ3) is 9.70. The molecule has 0 amide bonds. The molecule has 1 rings (SSSR count). The van der Waals surface area contributed by atoms with Crippen LogP contribution in [0.25, 0.3) is 0 Å². The summed E-state index contributed by atoms with van der Waals surface area (Å²) in [5.41, 5.74) is 0. The van der Waals surface area contributed by atoms with Crippen LogP contribution in [0.1, 0.15) is 0 Å². The van der Waals surface area contributed by atoms with Crippen molar-refractivity contribution in [3.8, 4) is 0 Å². The molecular formula is C7H7NaO6S. The van der Waals surface area contributed by atoms with E-state index >= 15 is 0 Å². The number of rotatable bonds is 1. The summed E-state index contributed by atoms with van der Waals surface area (Å²) in [5, 5.41) is 13.9. The van der Waals surface area contributed by atoms with Gasteiger partial charge in [-0.3, -0.25) is 0 Å². The molecular weight excluding hydrogens is 235 g/mol. The van der Waals surface area contributed by atoms with E-state index in [1.54, 1.807) is 6.07 Å². The van der Waals surface area contributed by atoms with Crippen molar-refractivity contribution < 1.29 is 57.5 Å². The first-order valence-electron chi connectivity index (χ1n) is 3.27. The van der Waals surface area contributed by atoms with Gasteiger partial charge < -0.3 is 14.8 Å². The first-order valence-corrected chi connectivity index (χ1v) is 4.67. The van der Waals surface area contributed by atoms with Crippen molar-refractivity contribution in [3.63, 3.8) is 0 Å². The van der Waals surface area contributed by atoms with Gasteiger partial charge in [0, 0.05) is 0 Å². The molecule has 0 aliphatic carbocycles. The van der Waals surface area contributed by atoms with E-state index < -0.39 is 16.3 Å². The van der Waals surface area contributed by atoms with E-state index in [0.717, 1.165) is 0 Å². The molecule has 6 nitrogen and oxygen atoms in total. The summed E-state index contributed by atoms with van der Waals surface area (Å²) < 4.78 is 30.8. The predicted octanol–water partition coefficient (Wildman–Crippen LogP) is -2.18. The summed E-state index contributed by atoms with van der Waals surface area (Å²) in [7, 11) is -4.25. The Bertz CT molecular complexity index is 383. The number of carboxylic acid groups (broad SMARTS) is 2. The average Bonchev–Trinajstić information content (AvgIpc) is 2.03. The van der Waals surface area contributed by atoms with Crippen molar-refractivity contribution in [1.29, 1.82) is 0 Å². The Hall–Kier alpha value is -0.600. The van der Waals surface area contributed by atoms with Crippen LogP contribution >= 0.6 is 0 Å². The molecule has 0 atom stereocenters. The van der Waals surface area contributed by atoms with Crippen molar-refractivity contribution >= 4 is 16.3 Å². The van der Waals surface area contributed by atoms with Gasteiger partial charge in [-0.05, 0) is 12.1 Å². The van der Waals surface area contributed by atoms with Gasteiger partial charge in [0.25, 0.3) is 0 Å². The normalized spacial score (nSPS) is 9.13. The van der Waals surface area contributed by atoms with E-state index in [1.807, 2.05) is 0 Å². The van der Waals surface area contributed by atoms with Crippen molar-refractivity contribution in [2.45, 2.75) is 4.90 Å². The van der Waals surface area contributed by atoms with Crippen LogP contribution in [-0.2, 0) is 10.1 Å². The second kappa shape index (κ2) is 7.66. The molecule has 0 radical (unpaired) electrons. The Morgan fingerprint density at radius 3 is 1.67 bits per heavy atom. The Kier molecular flexibility index (Phi) is 8.59. The van der Waals surface area contributed by atoms with Gasteiger partial charge in [0.2, 0.25) is 0 Å². The third-order valence-electron chi connectivity index (χ3n) is 1.03. The van der Waals surface area contributed by atoms with Gasteiger partial charge in [0.05, 0.1) is 4.90 Å². The zero-order valence-electron chi connectivity index (χ0n) is 7.82. The summed E-state index contributed by atoms with van der Waals surface area (Å²) >= 11 is 0. The Morgan fingerprint density at radius 2 is 1.47 bits per heavy atom. The van der Waals surface area contributed by atoms with Crippen LogP contribution in [-0.4, -0.2) is 29.3 Å². The Balaban J connectivity index is 0. The van der Waals surface area contributed by atoms with Gasteiger partial charge in [0.1, 0.15) is 10.1 Å². The van der Waals surface area contributed by atoms with Crippen LogP contribution in [0.4, 0.5) is 4.79 Å². The topological polar surface area (TPSA) is 115 Å². The van der Waals surface area contributed by atoms with Crippen LogP contribution < -0.4 is 29.6 Å². The molecule has 1 aromatic carbocycles. The Morgan fingerprint density at radius 1 is 1.13 bits per heavy atom. The zero-order chi connectivity index (χ0) is 11.2. The van der Waals surface area contributed by atoms with Gasteiger partial charge in [0.15, 0.2) is 0 Å². The maximum Gasteiger partial charge on any atom is 1.00 e. The number of hydrogen-bond acceptors (Lipinski definition) is 4. The van der Waals surface area contributed by atoms with Crippen LogP contribution in [0.5, 0.6) is 0 Å². The molecule has 0 heterocycles. The van der Waals surface area contributed by atoms with Gasteiger partial charge in [-0.1, -0.05) is 18.2 Å². The van der Waals surface area contributed by atoms with Crippen LogP contribution in [0.2, 0.25) is 0 Å². The summed E-state index contributed by atoms with van der Waals surface area (Å²) in [5.74, 6) is 0. The number of benzene rings is 1. The maximum absolute atomic E-state index is 10.3. The summed E-state index contributed by atoms with van der Waals surface area (Å²) in [6, 6.07) is 7.19. The molecule has 78 valence electrons. The van der Waals surface area contributed by atoms with Crippen molar-refractivity contribution in [3.05, 3.63) is 30.3 Å². The van der Waals surface area contributed by atoms with Gasteiger partial charge >= 0.3 is 35.7 Å². The van der Waals surface area contributed by atoms with Crippen molar-refractivity contribution in [2.24, 2.45) is 0 Å². The minimum Gasteiger partial charge on any atom is -0.744 e. The summed E-state index contributed by atoms with van der Waals surface area (Å²) in [6.45, 7) is 0. The molecule has 8 heteroatoms. The molecule has 1 aromatic rings. The molecule has 0 unspecified atom stereocenters.